The molecule has 5 nitrogen and oxygen atoms in total. The number of aromatic nitrogens is 3. The lowest BCUT2D eigenvalue weighted by Crippen LogP contribution is -2.19. The Labute approximate surface area is 80.3 Å². The largest absolute Gasteiger partial charge is 0.394 e. The van der Waals surface area contributed by atoms with E-state index in [0.717, 1.165) is 0 Å². The van der Waals surface area contributed by atoms with Gasteiger partial charge in [-0.1, -0.05) is 0 Å². The molecule has 0 unspecified atom stereocenters. The Morgan fingerprint density at radius 3 is 3.00 bits per heavy atom. The minimum atomic E-state index is -0.152. The van der Waals surface area contributed by atoms with Crippen LogP contribution in [0.4, 0.5) is 0 Å². The highest BCUT2D eigenvalue weighted by atomic mass is 16.7. The SMILES string of the molecule is CC(C)On1cc2c(=O)[nH]ccc2n1. The van der Waals surface area contributed by atoms with Gasteiger partial charge in [-0.3, -0.25) is 4.79 Å². The second kappa shape index (κ2) is 3.17. The van der Waals surface area contributed by atoms with Crippen molar-refractivity contribution in [1.29, 1.82) is 0 Å². The third-order valence-corrected chi connectivity index (χ3v) is 1.74. The number of pyridine rings is 1. The van der Waals surface area contributed by atoms with Crippen molar-refractivity contribution in [2.24, 2.45) is 0 Å². The minimum absolute atomic E-state index is 0.0309. The van der Waals surface area contributed by atoms with Crippen LogP contribution in [-0.2, 0) is 0 Å². The van der Waals surface area contributed by atoms with Crippen molar-refractivity contribution in [3.8, 4) is 0 Å². The van der Waals surface area contributed by atoms with Gasteiger partial charge in [-0.25, -0.2) is 0 Å². The van der Waals surface area contributed by atoms with Gasteiger partial charge < -0.3 is 9.82 Å². The first-order valence-electron chi connectivity index (χ1n) is 4.41. The van der Waals surface area contributed by atoms with Gasteiger partial charge in [0.15, 0.2) is 0 Å². The number of nitrogens with zero attached hydrogens (tertiary/aromatic N) is 2. The highest BCUT2D eigenvalue weighted by molar-refractivity contribution is 5.76. The summed E-state index contributed by atoms with van der Waals surface area (Å²) in [5, 5.41) is 4.62. The molecule has 0 spiro atoms. The van der Waals surface area contributed by atoms with Gasteiger partial charge in [0.1, 0.15) is 11.6 Å². The molecule has 0 aliphatic rings. The Balaban J connectivity index is 2.52. The molecular weight excluding hydrogens is 182 g/mol. The van der Waals surface area contributed by atoms with Crippen molar-refractivity contribution in [2.75, 3.05) is 0 Å². The van der Waals surface area contributed by atoms with Crippen LogP contribution in [0.5, 0.6) is 0 Å². The maximum absolute atomic E-state index is 11.3. The first-order chi connectivity index (χ1) is 6.66. The Morgan fingerprint density at radius 2 is 2.36 bits per heavy atom. The lowest BCUT2D eigenvalue weighted by Gasteiger charge is -2.06. The minimum Gasteiger partial charge on any atom is -0.394 e. The summed E-state index contributed by atoms with van der Waals surface area (Å²) >= 11 is 0. The fourth-order valence-electron chi connectivity index (χ4n) is 1.21. The molecule has 0 atom stereocenters. The molecule has 0 radical (unpaired) electrons. The number of H-pyrrole nitrogens is 1. The molecule has 74 valence electrons. The molecule has 2 heterocycles. The third kappa shape index (κ3) is 1.48. The fourth-order valence-corrected chi connectivity index (χ4v) is 1.21. The zero-order chi connectivity index (χ0) is 10.1. The van der Waals surface area contributed by atoms with Crippen molar-refractivity contribution < 1.29 is 4.84 Å². The zero-order valence-electron chi connectivity index (χ0n) is 8.02. The second-order valence-electron chi connectivity index (χ2n) is 3.29. The van der Waals surface area contributed by atoms with E-state index in [-0.39, 0.29) is 11.7 Å². The average molecular weight is 193 g/mol. The number of hydrogen-bond acceptors (Lipinski definition) is 3. The van der Waals surface area contributed by atoms with E-state index in [1.165, 1.54) is 4.85 Å². The summed E-state index contributed by atoms with van der Waals surface area (Å²) in [6, 6.07) is 1.73. The standard InChI is InChI=1S/C9H11N3O2/c1-6(2)14-12-5-7-8(11-12)3-4-10-9(7)13/h3-6H,1-2H3,(H,10,13). The van der Waals surface area contributed by atoms with Crippen molar-refractivity contribution in [3.63, 3.8) is 0 Å². The second-order valence-corrected chi connectivity index (χ2v) is 3.29. The number of nitrogens with one attached hydrogen (secondary N) is 1. The van der Waals surface area contributed by atoms with E-state index in [2.05, 4.69) is 10.1 Å². The summed E-state index contributed by atoms with van der Waals surface area (Å²) in [5.41, 5.74) is 0.482. The van der Waals surface area contributed by atoms with E-state index < -0.39 is 0 Å². The van der Waals surface area contributed by atoms with Gasteiger partial charge in [-0.15, -0.1) is 9.94 Å². The molecule has 1 N–H and O–H groups in total. The fraction of sp³-hybridized carbons (Fsp3) is 0.333. The lowest BCUT2D eigenvalue weighted by atomic mass is 10.3. The van der Waals surface area contributed by atoms with Crippen molar-refractivity contribution in [3.05, 3.63) is 28.8 Å². The normalized spacial score (nSPS) is 11.1. The van der Waals surface area contributed by atoms with E-state index in [1.807, 2.05) is 13.8 Å². The number of hydrogen-bond donors (Lipinski definition) is 1. The molecule has 14 heavy (non-hydrogen) atoms. The van der Waals surface area contributed by atoms with Gasteiger partial charge in [-0.2, -0.15) is 0 Å². The van der Waals surface area contributed by atoms with E-state index >= 15 is 0 Å². The Kier molecular flexibility index (Phi) is 1.99. The van der Waals surface area contributed by atoms with Crippen LogP contribution >= 0.6 is 0 Å². The smallest absolute Gasteiger partial charge is 0.259 e. The Hall–Kier alpha value is -1.78. The average Bonchev–Trinajstić information content (AvgIpc) is 2.47. The van der Waals surface area contributed by atoms with Crippen LogP contribution in [-0.4, -0.2) is 21.0 Å². The molecule has 0 bridgehead atoms. The maximum Gasteiger partial charge on any atom is 0.259 e. The van der Waals surface area contributed by atoms with Crippen LogP contribution in [0.1, 0.15) is 13.8 Å². The number of rotatable bonds is 2. The quantitative estimate of drug-likeness (QED) is 0.758. The Bertz CT molecular complexity index is 498. The van der Waals surface area contributed by atoms with Gasteiger partial charge in [-0.05, 0) is 19.9 Å². The highest BCUT2D eigenvalue weighted by Crippen LogP contribution is 2.04. The van der Waals surface area contributed by atoms with Crippen LogP contribution in [0.25, 0.3) is 10.9 Å². The van der Waals surface area contributed by atoms with Gasteiger partial charge in [0.05, 0.1) is 11.6 Å². The molecule has 0 amide bonds. The summed E-state index contributed by atoms with van der Waals surface area (Å²) in [6.07, 6.45) is 3.18. The first kappa shape index (κ1) is 8.80. The number of aromatic amines is 1. The molecule has 2 aromatic rings. The molecule has 2 aromatic heterocycles. The van der Waals surface area contributed by atoms with Gasteiger partial charge in [0.2, 0.25) is 0 Å². The van der Waals surface area contributed by atoms with E-state index in [9.17, 15) is 4.79 Å². The van der Waals surface area contributed by atoms with Gasteiger partial charge in [0, 0.05) is 6.20 Å². The molecule has 0 saturated heterocycles. The maximum atomic E-state index is 11.3. The summed E-state index contributed by atoms with van der Waals surface area (Å²) < 4.78 is 0. The summed E-state index contributed by atoms with van der Waals surface area (Å²) in [4.78, 5) is 20.5. The third-order valence-electron chi connectivity index (χ3n) is 1.74. The predicted molar refractivity (Wildman–Crippen MR) is 52.1 cm³/mol. The molecular formula is C9H11N3O2. The molecule has 0 saturated carbocycles. The monoisotopic (exact) mass is 193 g/mol. The summed E-state index contributed by atoms with van der Waals surface area (Å²) in [7, 11) is 0. The van der Waals surface area contributed by atoms with E-state index in [0.29, 0.717) is 10.9 Å². The Morgan fingerprint density at radius 1 is 1.57 bits per heavy atom. The van der Waals surface area contributed by atoms with Crippen LogP contribution in [0.15, 0.2) is 23.3 Å². The molecule has 0 aliphatic carbocycles. The number of fused-ring (bicyclic) bond motifs is 1. The molecule has 0 aromatic carbocycles. The molecule has 5 heteroatoms. The van der Waals surface area contributed by atoms with E-state index in [4.69, 9.17) is 4.84 Å². The van der Waals surface area contributed by atoms with Crippen molar-refractivity contribution >= 4 is 10.9 Å². The molecule has 0 aliphatic heterocycles. The summed E-state index contributed by atoms with van der Waals surface area (Å²) in [6.45, 7) is 3.80. The predicted octanol–water partition coefficient (Wildman–Crippen LogP) is 0.562. The van der Waals surface area contributed by atoms with Gasteiger partial charge >= 0.3 is 0 Å². The van der Waals surface area contributed by atoms with Crippen LogP contribution in [0, 0.1) is 0 Å². The first-order valence-corrected chi connectivity index (χ1v) is 4.41. The van der Waals surface area contributed by atoms with Crippen molar-refractivity contribution in [1.82, 2.24) is 14.9 Å². The molecule has 2 rings (SSSR count). The summed E-state index contributed by atoms with van der Waals surface area (Å²) in [5.74, 6) is 0. The van der Waals surface area contributed by atoms with Crippen LogP contribution < -0.4 is 10.4 Å². The lowest BCUT2D eigenvalue weighted by molar-refractivity contribution is 0.0374. The van der Waals surface area contributed by atoms with Gasteiger partial charge in [0.25, 0.3) is 5.56 Å². The van der Waals surface area contributed by atoms with Crippen LogP contribution in [0.3, 0.4) is 0 Å². The molecule has 0 fully saturated rings. The van der Waals surface area contributed by atoms with Crippen molar-refractivity contribution in [2.45, 2.75) is 20.0 Å². The topological polar surface area (TPSA) is 59.9 Å². The van der Waals surface area contributed by atoms with Crippen LogP contribution in [0.2, 0.25) is 0 Å². The highest BCUT2D eigenvalue weighted by Gasteiger charge is 2.04. The van der Waals surface area contributed by atoms with E-state index in [1.54, 1.807) is 18.5 Å². The zero-order valence-corrected chi connectivity index (χ0v) is 8.02.